The second-order valence-corrected chi connectivity index (χ2v) is 3.76. The largest absolute Gasteiger partial charge is 0.396 e. The first kappa shape index (κ1) is 10.8. The molecule has 0 aliphatic rings. The summed E-state index contributed by atoms with van der Waals surface area (Å²) >= 11 is 0. The van der Waals surface area contributed by atoms with E-state index in [9.17, 15) is 0 Å². The van der Waals surface area contributed by atoms with Crippen molar-refractivity contribution in [2.75, 3.05) is 11.1 Å². The van der Waals surface area contributed by atoms with Crippen LogP contribution in [-0.4, -0.2) is 11.0 Å². The zero-order valence-corrected chi connectivity index (χ0v) is 9.12. The van der Waals surface area contributed by atoms with Crippen molar-refractivity contribution in [2.24, 2.45) is 5.92 Å². The number of rotatable bonds is 4. The number of hydrogen-bond donors (Lipinski definition) is 2. The predicted octanol–water partition coefficient (Wildman–Crippen LogP) is 2.51. The minimum absolute atomic E-state index is 0.400. The zero-order chi connectivity index (χ0) is 10.6. The Morgan fingerprint density at radius 3 is 2.79 bits per heavy atom. The maximum absolute atomic E-state index is 5.79. The lowest BCUT2D eigenvalue weighted by molar-refractivity contribution is 0.494. The molecule has 78 valence electrons. The molecule has 1 rings (SSSR count). The molecule has 0 radical (unpaired) electrons. The van der Waals surface area contributed by atoms with Crippen molar-refractivity contribution in [3.05, 3.63) is 18.3 Å². The highest BCUT2D eigenvalue weighted by atomic mass is 15.0. The Morgan fingerprint density at radius 1 is 1.50 bits per heavy atom. The highest BCUT2D eigenvalue weighted by Gasteiger charge is 2.11. The lowest BCUT2D eigenvalue weighted by Crippen LogP contribution is -2.24. The third-order valence-corrected chi connectivity index (χ3v) is 2.70. The summed E-state index contributed by atoms with van der Waals surface area (Å²) in [5, 5.41) is 3.32. The molecule has 0 fully saturated rings. The number of hydrogen-bond acceptors (Lipinski definition) is 3. The average molecular weight is 193 g/mol. The van der Waals surface area contributed by atoms with Crippen molar-refractivity contribution in [1.29, 1.82) is 0 Å². The number of nitrogens with zero attached hydrogens (tertiary/aromatic N) is 1. The van der Waals surface area contributed by atoms with Gasteiger partial charge in [-0.2, -0.15) is 0 Å². The van der Waals surface area contributed by atoms with E-state index in [2.05, 4.69) is 31.1 Å². The Balaban J connectivity index is 2.64. The standard InChI is InChI=1S/C11H19N3/c1-4-8(2)9(3)14-11-10(12)6-5-7-13-11/h5-9H,4,12H2,1-3H3,(H,13,14). The lowest BCUT2D eigenvalue weighted by atomic mass is 10.0. The van der Waals surface area contributed by atoms with Gasteiger partial charge in [0.25, 0.3) is 0 Å². The van der Waals surface area contributed by atoms with Gasteiger partial charge in [0.1, 0.15) is 5.82 Å². The van der Waals surface area contributed by atoms with Gasteiger partial charge in [-0.25, -0.2) is 4.98 Å². The molecule has 1 aromatic rings. The third-order valence-electron chi connectivity index (χ3n) is 2.70. The van der Waals surface area contributed by atoms with Crippen molar-refractivity contribution in [3.8, 4) is 0 Å². The number of anilines is 2. The quantitative estimate of drug-likeness (QED) is 0.772. The smallest absolute Gasteiger partial charge is 0.149 e. The van der Waals surface area contributed by atoms with E-state index in [0.717, 1.165) is 12.2 Å². The molecule has 0 spiro atoms. The maximum atomic E-state index is 5.79. The Bertz CT molecular complexity index is 286. The lowest BCUT2D eigenvalue weighted by Gasteiger charge is -2.21. The second kappa shape index (κ2) is 4.84. The molecule has 0 aliphatic carbocycles. The molecule has 3 nitrogen and oxygen atoms in total. The first-order valence-electron chi connectivity index (χ1n) is 5.12. The van der Waals surface area contributed by atoms with Crippen LogP contribution >= 0.6 is 0 Å². The Morgan fingerprint density at radius 2 is 2.21 bits per heavy atom. The van der Waals surface area contributed by atoms with E-state index < -0.39 is 0 Å². The highest BCUT2D eigenvalue weighted by Crippen LogP contribution is 2.17. The van der Waals surface area contributed by atoms with Gasteiger partial charge in [0.05, 0.1) is 5.69 Å². The topological polar surface area (TPSA) is 50.9 Å². The van der Waals surface area contributed by atoms with E-state index in [1.807, 2.05) is 12.1 Å². The predicted molar refractivity (Wildman–Crippen MR) is 61.2 cm³/mol. The minimum atomic E-state index is 0.400. The van der Waals surface area contributed by atoms with Crippen molar-refractivity contribution in [2.45, 2.75) is 33.2 Å². The van der Waals surface area contributed by atoms with E-state index in [4.69, 9.17) is 5.73 Å². The molecule has 14 heavy (non-hydrogen) atoms. The van der Waals surface area contributed by atoms with Gasteiger partial charge in [-0.1, -0.05) is 20.3 Å². The van der Waals surface area contributed by atoms with Crippen LogP contribution in [0.2, 0.25) is 0 Å². The normalized spacial score (nSPS) is 14.8. The molecule has 0 aromatic carbocycles. The molecule has 1 heterocycles. The van der Waals surface area contributed by atoms with Crippen LogP contribution in [0.5, 0.6) is 0 Å². The highest BCUT2D eigenvalue weighted by molar-refractivity contribution is 5.60. The van der Waals surface area contributed by atoms with Crippen LogP contribution in [0.3, 0.4) is 0 Å². The molecule has 0 amide bonds. The number of nitrogens with two attached hydrogens (primary N) is 1. The molecule has 3 N–H and O–H groups in total. The third kappa shape index (κ3) is 2.62. The first-order valence-corrected chi connectivity index (χ1v) is 5.12. The maximum Gasteiger partial charge on any atom is 0.149 e. The molecule has 0 saturated carbocycles. The van der Waals surface area contributed by atoms with E-state index in [0.29, 0.717) is 17.6 Å². The van der Waals surface area contributed by atoms with Gasteiger partial charge in [-0.15, -0.1) is 0 Å². The SMILES string of the molecule is CCC(C)C(C)Nc1ncccc1N. The summed E-state index contributed by atoms with van der Waals surface area (Å²) in [6, 6.07) is 4.10. The molecular weight excluding hydrogens is 174 g/mol. The summed E-state index contributed by atoms with van der Waals surface area (Å²) in [7, 11) is 0. The van der Waals surface area contributed by atoms with Gasteiger partial charge >= 0.3 is 0 Å². The van der Waals surface area contributed by atoms with Gasteiger partial charge in [0.15, 0.2) is 0 Å². The molecule has 0 saturated heterocycles. The number of aromatic nitrogens is 1. The Hall–Kier alpha value is -1.25. The van der Waals surface area contributed by atoms with Crippen LogP contribution in [-0.2, 0) is 0 Å². The zero-order valence-electron chi connectivity index (χ0n) is 9.12. The van der Waals surface area contributed by atoms with E-state index in [1.165, 1.54) is 0 Å². The summed E-state index contributed by atoms with van der Waals surface area (Å²) in [6.45, 7) is 6.56. The fourth-order valence-corrected chi connectivity index (χ4v) is 1.25. The molecule has 2 unspecified atom stereocenters. The van der Waals surface area contributed by atoms with Crippen LogP contribution in [0.15, 0.2) is 18.3 Å². The van der Waals surface area contributed by atoms with E-state index in [-0.39, 0.29) is 0 Å². The van der Waals surface area contributed by atoms with Gasteiger partial charge < -0.3 is 11.1 Å². The van der Waals surface area contributed by atoms with E-state index in [1.54, 1.807) is 6.20 Å². The second-order valence-electron chi connectivity index (χ2n) is 3.76. The fourth-order valence-electron chi connectivity index (χ4n) is 1.25. The summed E-state index contributed by atoms with van der Waals surface area (Å²) in [5.41, 5.74) is 6.50. The van der Waals surface area contributed by atoms with Crippen molar-refractivity contribution >= 4 is 11.5 Å². The summed E-state index contributed by atoms with van der Waals surface area (Å²) in [5.74, 6) is 1.41. The van der Waals surface area contributed by atoms with Crippen LogP contribution < -0.4 is 11.1 Å². The first-order chi connectivity index (χ1) is 6.65. The van der Waals surface area contributed by atoms with Crippen molar-refractivity contribution in [1.82, 2.24) is 4.98 Å². The van der Waals surface area contributed by atoms with Crippen molar-refractivity contribution < 1.29 is 0 Å². The molecule has 3 heteroatoms. The average Bonchev–Trinajstić information content (AvgIpc) is 2.20. The molecule has 0 aliphatic heterocycles. The van der Waals surface area contributed by atoms with Crippen LogP contribution in [0.25, 0.3) is 0 Å². The molecular formula is C11H19N3. The number of nitrogens with one attached hydrogen (secondary N) is 1. The Labute approximate surface area is 85.7 Å². The summed E-state index contributed by atoms with van der Waals surface area (Å²) in [4.78, 5) is 4.20. The molecule has 1 aromatic heterocycles. The fraction of sp³-hybridized carbons (Fsp3) is 0.545. The van der Waals surface area contributed by atoms with Crippen molar-refractivity contribution in [3.63, 3.8) is 0 Å². The van der Waals surface area contributed by atoms with Gasteiger partial charge in [0.2, 0.25) is 0 Å². The number of pyridine rings is 1. The number of nitrogen functional groups attached to an aromatic ring is 1. The summed E-state index contributed by atoms with van der Waals surface area (Å²) in [6.07, 6.45) is 2.91. The van der Waals surface area contributed by atoms with Crippen LogP contribution in [0.4, 0.5) is 11.5 Å². The minimum Gasteiger partial charge on any atom is -0.396 e. The van der Waals surface area contributed by atoms with E-state index >= 15 is 0 Å². The van der Waals surface area contributed by atoms with Gasteiger partial charge in [0, 0.05) is 12.2 Å². The van der Waals surface area contributed by atoms with Crippen LogP contribution in [0.1, 0.15) is 27.2 Å². The molecule has 0 bridgehead atoms. The summed E-state index contributed by atoms with van der Waals surface area (Å²) < 4.78 is 0. The Kier molecular flexibility index (Phi) is 3.74. The monoisotopic (exact) mass is 193 g/mol. The molecule has 2 atom stereocenters. The van der Waals surface area contributed by atoms with Crippen LogP contribution in [0, 0.1) is 5.92 Å². The van der Waals surface area contributed by atoms with Gasteiger partial charge in [-0.05, 0) is 25.0 Å². The van der Waals surface area contributed by atoms with Gasteiger partial charge in [-0.3, -0.25) is 0 Å².